The van der Waals surface area contributed by atoms with Gasteiger partial charge in [-0.15, -0.1) is 11.8 Å². The Balaban J connectivity index is 1.21. The Morgan fingerprint density at radius 1 is 0.755 bits per heavy atom. The van der Waals surface area contributed by atoms with Gasteiger partial charge in [-0.2, -0.15) is 0 Å². The summed E-state index contributed by atoms with van der Waals surface area (Å²) in [5.74, 6) is 0.813. The zero-order valence-electron chi connectivity index (χ0n) is 28.7. The molecule has 6 aromatic rings. The number of hydrogen-bond donors (Lipinski definition) is 3. The van der Waals surface area contributed by atoms with Crippen LogP contribution in [0.25, 0.3) is 17.4 Å². The van der Waals surface area contributed by atoms with Gasteiger partial charge in [0.2, 0.25) is 5.91 Å². The number of ether oxygens (including phenoxy) is 2. The summed E-state index contributed by atoms with van der Waals surface area (Å²) in [6, 6.07) is 41.6. The topological polar surface area (TPSA) is 119 Å². The van der Waals surface area contributed by atoms with Gasteiger partial charge < -0.3 is 29.8 Å². The maximum absolute atomic E-state index is 13.8. The molecule has 0 aliphatic carbocycles. The van der Waals surface area contributed by atoms with Crippen LogP contribution in [-0.2, 0) is 9.59 Å². The van der Waals surface area contributed by atoms with Crippen molar-refractivity contribution in [3.05, 3.63) is 167 Å². The van der Waals surface area contributed by atoms with Crippen LogP contribution in [0.2, 0.25) is 0 Å². The van der Waals surface area contributed by atoms with Crippen molar-refractivity contribution in [1.29, 1.82) is 0 Å². The summed E-state index contributed by atoms with van der Waals surface area (Å²) < 4.78 is 17.8. The summed E-state index contributed by atoms with van der Waals surface area (Å²) in [6.45, 7) is 0. The van der Waals surface area contributed by atoms with E-state index in [1.165, 1.54) is 24.9 Å². The van der Waals surface area contributed by atoms with Crippen LogP contribution in [0.3, 0.4) is 0 Å². The first-order chi connectivity index (χ1) is 25.8. The summed E-state index contributed by atoms with van der Waals surface area (Å²) in [7, 11) is 3.09. The molecule has 0 aliphatic heterocycles. The number of thioether (sulfide) groups is 1. The maximum Gasteiger partial charge on any atom is 0.272 e. The Bertz CT molecular complexity index is 2220. The van der Waals surface area contributed by atoms with Gasteiger partial charge in [-0.25, -0.2) is 0 Å². The summed E-state index contributed by atoms with van der Waals surface area (Å²) in [4.78, 5) is 41.4. The molecule has 0 radical (unpaired) electrons. The number of anilines is 2. The van der Waals surface area contributed by atoms with Crippen molar-refractivity contribution in [1.82, 2.24) is 5.32 Å². The van der Waals surface area contributed by atoms with E-state index in [0.717, 1.165) is 20.5 Å². The molecule has 5 aromatic carbocycles. The fraction of sp³-hybridized carbons (Fsp3) is 0.0714. The molecule has 0 saturated heterocycles. The van der Waals surface area contributed by atoms with E-state index < -0.39 is 17.1 Å². The summed E-state index contributed by atoms with van der Waals surface area (Å²) in [5.41, 5.74) is 3.01. The van der Waals surface area contributed by atoms with Crippen LogP contribution in [0.15, 0.2) is 159 Å². The van der Waals surface area contributed by atoms with E-state index in [0.29, 0.717) is 40.0 Å². The Morgan fingerprint density at radius 3 is 2.13 bits per heavy atom. The van der Waals surface area contributed by atoms with E-state index in [4.69, 9.17) is 13.9 Å². The Hall–Kier alpha value is -6.04. The van der Waals surface area contributed by atoms with Crippen molar-refractivity contribution in [3.8, 4) is 22.8 Å². The predicted molar refractivity (Wildman–Crippen MR) is 212 cm³/mol. The van der Waals surface area contributed by atoms with Gasteiger partial charge in [0.15, 0.2) is 0 Å². The molecule has 6 rings (SSSR count). The number of benzene rings is 5. The highest BCUT2D eigenvalue weighted by Gasteiger charge is 2.24. The van der Waals surface area contributed by atoms with Gasteiger partial charge in [0, 0.05) is 38.3 Å². The number of hydrogen-bond acceptors (Lipinski definition) is 7. The van der Waals surface area contributed by atoms with Crippen molar-refractivity contribution in [2.24, 2.45) is 0 Å². The first kappa shape index (κ1) is 36.7. The Labute approximate surface area is 319 Å². The minimum Gasteiger partial charge on any atom is -0.497 e. The molecule has 266 valence electrons. The van der Waals surface area contributed by atoms with E-state index in [9.17, 15) is 14.4 Å². The number of furan rings is 1. The number of nitrogens with one attached hydrogen (secondary N) is 3. The van der Waals surface area contributed by atoms with Crippen LogP contribution < -0.4 is 25.4 Å². The highest BCUT2D eigenvalue weighted by Crippen LogP contribution is 2.38. The number of amides is 3. The molecule has 3 amide bonds. The van der Waals surface area contributed by atoms with E-state index in [2.05, 4.69) is 31.9 Å². The first-order valence-corrected chi connectivity index (χ1v) is 18.1. The normalized spacial score (nSPS) is 11.6. The van der Waals surface area contributed by atoms with Gasteiger partial charge in [-0.1, -0.05) is 76.6 Å². The van der Waals surface area contributed by atoms with Crippen LogP contribution in [0.4, 0.5) is 11.4 Å². The van der Waals surface area contributed by atoms with Crippen molar-refractivity contribution in [3.63, 3.8) is 0 Å². The average Bonchev–Trinajstić information content (AvgIpc) is 3.66. The molecule has 9 nitrogen and oxygen atoms in total. The SMILES string of the molecule is COc1ccc(OC)c(NC(=O)[C@@H](Sc2ccc(NC(=O)/C(=C/c3ccc(-c4ccc(Br)cc4)o3)NC(=O)c3ccccc3)cc2)c2ccccc2)c1. The minimum atomic E-state index is -0.620. The molecule has 11 heteroatoms. The summed E-state index contributed by atoms with van der Waals surface area (Å²) in [5, 5.41) is 7.99. The van der Waals surface area contributed by atoms with Gasteiger partial charge in [0.05, 0.1) is 19.9 Å². The highest BCUT2D eigenvalue weighted by molar-refractivity contribution is 9.10. The zero-order valence-corrected chi connectivity index (χ0v) is 31.1. The second-order valence-corrected chi connectivity index (χ2v) is 13.6. The van der Waals surface area contributed by atoms with Crippen molar-refractivity contribution in [2.45, 2.75) is 10.1 Å². The summed E-state index contributed by atoms with van der Waals surface area (Å²) in [6.07, 6.45) is 1.49. The number of halogens is 1. The molecule has 0 saturated carbocycles. The first-order valence-electron chi connectivity index (χ1n) is 16.4. The fourth-order valence-corrected chi connectivity index (χ4v) is 6.54. The van der Waals surface area contributed by atoms with Crippen LogP contribution >= 0.6 is 27.7 Å². The van der Waals surface area contributed by atoms with Crippen LogP contribution in [0, 0.1) is 0 Å². The molecule has 0 bridgehead atoms. The van der Waals surface area contributed by atoms with E-state index in [-0.39, 0.29) is 11.6 Å². The van der Waals surface area contributed by atoms with E-state index >= 15 is 0 Å². The van der Waals surface area contributed by atoms with Gasteiger partial charge in [0.1, 0.15) is 34.0 Å². The third-order valence-corrected chi connectivity index (χ3v) is 9.74. The monoisotopic (exact) mass is 787 g/mol. The number of rotatable bonds is 13. The molecule has 53 heavy (non-hydrogen) atoms. The number of carbonyl (C=O) groups excluding carboxylic acids is 3. The largest absolute Gasteiger partial charge is 0.497 e. The van der Waals surface area contributed by atoms with Crippen LogP contribution in [-0.4, -0.2) is 31.9 Å². The van der Waals surface area contributed by atoms with Crippen LogP contribution in [0.5, 0.6) is 11.5 Å². The molecule has 0 fully saturated rings. The average molecular weight is 789 g/mol. The lowest BCUT2D eigenvalue weighted by Gasteiger charge is -2.19. The molecule has 0 unspecified atom stereocenters. The smallest absolute Gasteiger partial charge is 0.272 e. The Kier molecular flexibility index (Phi) is 12.1. The molecule has 1 aromatic heterocycles. The molecule has 0 aliphatic rings. The predicted octanol–water partition coefficient (Wildman–Crippen LogP) is 9.61. The van der Waals surface area contributed by atoms with Gasteiger partial charge in [-0.3, -0.25) is 14.4 Å². The second kappa shape index (κ2) is 17.5. The highest BCUT2D eigenvalue weighted by atomic mass is 79.9. The fourth-order valence-electron chi connectivity index (χ4n) is 5.25. The molecule has 1 heterocycles. The Morgan fingerprint density at radius 2 is 1.45 bits per heavy atom. The lowest BCUT2D eigenvalue weighted by Crippen LogP contribution is -2.30. The zero-order chi connectivity index (χ0) is 37.2. The van der Waals surface area contributed by atoms with Gasteiger partial charge >= 0.3 is 0 Å². The van der Waals surface area contributed by atoms with Gasteiger partial charge in [-0.05, 0) is 78.4 Å². The van der Waals surface area contributed by atoms with Crippen molar-refractivity contribution in [2.75, 3.05) is 24.9 Å². The van der Waals surface area contributed by atoms with Crippen molar-refractivity contribution >= 4 is 62.9 Å². The third kappa shape index (κ3) is 9.65. The third-order valence-electron chi connectivity index (χ3n) is 7.94. The number of methoxy groups -OCH3 is 2. The lowest BCUT2D eigenvalue weighted by molar-refractivity contribution is -0.116. The second-order valence-electron chi connectivity index (χ2n) is 11.5. The van der Waals surface area contributed by atoms with Crippen molar-refractivity contribution < 1.29 is 28.3 Å². The molecule has 3 N–H and O–H groups in total. The van der Waals surface area contributed by atoms with Crippen LogP contribution in [0.1, 0.15) is 26.9 Å². The molecular weight excluding hydrogens is 754 g/mol. The standard InChI is InChI=1S/C42H34BrN3O6S/c1-50-32-19-24-38(51-2)35(25-32)45-42(49)39(28-9-5-3-6-10-28)53-34-21-17-31(18-22-34)44-41(48)36(46-40(47)29-11-7-4-8-12-29)26-33-20-23-37(52-33)27-13-15-30(43)16-14-27/h3-26,39H,1-2H3,(H,44,48)(H,45,49)(H,46,47)/b36-26-/t39-/m0/s1. The van der Waals surface area contributed by atoms with E-state index in [1.807, 2.05) is 66.7 Å². The summed E-state index contributed by atoms with van der Waals surface area (Å²) >= 11 is 4.80. The lowest BCUT2D eigenvalue weighted by atomic mass is 10.1. The maximum atomic E-state index is 13.8. The molecular formula is C42H34BrN3O6S. The minimum absolute atomic E-state index is 0.0113. The van der Waals surface area contributed by atoms with E-state index in [1.54, 1.807) is 79.9 Å². The molecule has 0 spiro atoms. The quantitative estimate of drug-likeness (QED) is 0.0788. The van der Waals surface area contributed by atoms with Gasteiger partial charge in [0.25, 0.3) is 11.8 Å². The molecule has 1 atom stereocenters. The number of carbonyl (C=O) groups is 3.